The first-order valence-corrected chi connectivity index (χ1v) is 14.8. The molecule has 218 valence electrons. The normalized spacial score (nSPS) is 22.4. The first-order chi connectivity index (χ1) is 18.9. The van der Waals surface area contributed by atoms with E-state index >= 15 is 0 Å². The Balaban J connectivity index is 0.00000370. The predicted molar refractivity (Wildman–Crippen MR) is 159 cm³/mol. The lowest BCUT2D eigenvalue weighted by Gasteiger charge is -2.52. The molecule has 2 N–H and O–H groups in total. The van der Waals surface area contributed by atoms with Crippen LogP contribution in [0.25, 0.3) is 0 Å². The van der Waals surface area contributed by atoms with Gasteiger partial charge in [-0.05, 0) is 61.9 Å². The van der Waals surface area contributed by atoms with Crippen LogP contribution in [0.15, 0.2) is 54.6 Å². The van der Waals surface area contributed by atoms with Crippen LogP contribution in [-0.4, -0.2) is 63.5 Å². The van der Waals surface area contributed by atoms with Gasteiger partial charge in [-0.15, -0.1) is 12.4 Å². The zero-order valence-corrected chi connectivity index (χ0v) is 24.5. The van der Waals surface area contributed by atoms with Crippen LogP contribution in [0.1, 0.15) is 76.7 Å². The highest BCUT2D eigenvalue weighted by atomic mass is 35.5. The molecule has 1 atom stereocenters. The van der Waals surface area contributed by atoms with Crippen LogP contribution in [0.2, 0.25) is 0 Å². The molecule has 3 fully saturated rings. The van der Waals surface area contributed by atoms with Crippen molar-refractivity contribution >= 4 is 24.2 Å². The Morgan fingerprint density at radius 3 is 2.35 bits per heavy atom. The Kier molecular flexibility index (Phi) is 10.1. The van der Waals surface area contributed by atoms with E-state index in [9.17, 15) is 14.7 Å². The van der Waals surface area contributed by atoms with Crippen LogP contribution in [0.3, 0.4) is 0 Å². The summed E-state index contributed by atoms with van der Waals surface area (Å²) >= 11 is 0. The van der Waals surface area contributed by atoms with E-state index in [0.29, 0.717) is 38.6 Å². The van der Waals surface area contributed by atoms with Crippen molar-refractivity contribution in [2.45, 2.75) is 94.9 Å². The Morgan fingerprint density at radius 1 is 0.950 bits per heavy atom. The van der Waals surface area contributed by atoms with Crippen molar-refractivity contribution in [2.24, 2.45) is 0 Å². The molecule has 0 unspecified atom stereocenters. The number of aliphatic hydroxyl groups is 1. The fourth-order valence-corrected chi connectivity index (χ4v) is 6.62. The molecule has 2 amide bonds. The predicted octanol–water partition coefficient (Wildman–Crippen LogP) is 5.45. The highest BCUT2D eigenvalue weighted by Crippen LogP contribution is 2.37. The fraction of sp³-hybridized carbons (Fsp3) is 0.562. The highest BCUT2D eigenvalue weighted by Gasteiger charge is 2.54. The molecule has 7 nitrogen and oxygen atoms in total. The number of nitrogens with one attached hydrogen (secondary N) is 1. The zero-order chi connectivity index (χ0) is 27.3. The number of likely N-dealkylation sites (tertiary alicyclic amines) is 1. The molecule has 3 aliphatic rings. The van der Waals surface area contributed by atoms with E-state index in [0.717, 1.165) is 68.8 Å². The van der Waals surface area contributed by atoms with Crippen LogP contribution in [0.4, 0.5) is 0 Å². The quantitative estimate of drug-likeness (QED) is 0.420. The van der Waals surface area contributed by atoms with E-state index in [1.165, 1.54) is 0 Å². The summed E-state index contributed by atoms with van der Waals surface area (Å²) in [6, 6.07) is 17.3. The van der Waals surface area contributed by atoms with Crippen LogP contribution in [0.5, 0.6) is 11.5 Å². The topological polar surface area (TPSA) is 82.1 Å². The zero-order valence-electron chi connectivity index (χ0n) is 23.6. The van der Waals surface area contributed by atoms with Gasteiger partial charge in [0.05, 0.1) is 5.60 Å². The van der Waals surface area contributed by atoms with Gasteiger partial charge in [-0.3, -0.25) is 14.5 Å². The number of para-hydroxylation sites is 1. The maximum atomic E-state index is 13.8. The molecule has 0 aromatic heterocycles. The molecule has 2 saturated heterocycles. The van der Waals surface area contributed by atoms with E-state index in [4.69, 9.17) is 4.74 Å². The minimum Gasteiger partial charge on any atom is -0.457 e. The lowest BCUT2D eigenvalue weighted by Crippen LogP contribution is -2.73. The summed E-state index contributed by atoms with van der Waals surface area (Å²) in [6.45, 7) is 4.95. The second kappa shape index (κ2) is 13.4. The van der Waals surface area contributed by atoms with Gasteiger partial charge in [-0.2, -0.15) is 0 Å². The molecule has 1 spiro atoms. The Morgan fingerprint density at radius 2 is 1.65 bits per heavy atom. The molecule has 8 heteroatoms. The smallest absolute Gasteiger partial charge is 0.246 e. The number of benzene rings is 2. The average molecular weight is 570 g/mol. The van der Waals surface area contributed by atoms with Gasteiger partial charge < -0.3 is 20.1 Å². The maximum absolute atomic E-state index is 13.8. The maximum Gasteiger partial charge on any atom is 0.246 e. The number of ether oxygens (including phenoxy) is 1. The number of carbonyl (C=O) groups excluding carboxylic acids is 2. The SMILES string of the molecule is CCCCN1C(=O)[C@@H](CC2(O)CCCCC2)NC(=O)C12CCN(Cc1cccc(Oc3ccccc3)c1)CC2.Cl. The number of hydrogen-bond acceptors (Lipinski definition) is 5. The summed E-state index contributed by atoms with van der Waals surface area (Å²) in [5.74, 6) is 1.56. The van der Waals surface area contributed by atoms with Crippen molar-refractivity contribution in [1.29, 1.82) is 0 Å². The lowest BCUT2D eigenvalue weighted by molar-refractivity contribution is -0.163. The molecule has 0 radical (unpaired) electrons. The van der Waals surface area contributed by atoms with Gasteiger partial charge in [-0.1, -0.05) is 62.9 Å². The number of halogens is 1. The molecule has 2 aliphatic heterocycles. The summed E-state index contributed by atoms with van der Waals surface area (Å²) in [4.78, 5) is 31.8. The van der Waals surface area contributed by atoms with Gasteiger partial charge in [0.15, 0.2) is 0 Å². The number of carbonyl (C=O) groups is 2. The van der Waals surface area contributed by atoms with Gasteiger partial charge in [0.25, 0.3) is 0 Å². The lowest BCUT2D eigenvalue weighted by atomic mass is 9.77. The van der Waals surface area contributed by atoms with Gasteiger partial charge >= 0.3 is 0 Å². The minimum atomic E-state index is -0.852. The number of amides is 2. The van der Waals surface area contributed by atoms with Crippen LogP contribution >= 0.6 is 12.4 Å². The Labute approximate surface area is 244 Å². The summed E-state index contributed by atoms with van der Waals surface area (Å²) in [7, 11) is 0. The van der Waals surface area contributed by atoms with Crippen LogP contribution in [0, 0.1) is 0 Å². The molecule has 2 aromatic carbocycles. The first kappa shape index (κ1) is 30.4. The van der Waals surface area contributed by atoms with Crippen molar-refractivity contribution in [3.8, 4) is 11.5 Å². The third-order valence-corrected chi connectivity index (χ3v) is 8.88. The number of rotatable bonds is 9. The fourth-order valence-electron chi connectivity index (χ4n) is 6.62. The summed E-state index contributed by atoms with van der Waals surface area (Å²) in [6.07, 6.45) is 7.89. The standard InChI is InChI=1S/C32H43N3O4.ClH/c1-2-3-19-35-29(36)28(23-31(38)15-8-5-9-16-31)33-30(37)32(35)17-20-34(21-18-32)24-25-11-10-14-27(22-25)39-26-12-6-4-7-13-26;/h4,6-7,10-14,22,28,38H,2-3,5,8-9,15-21,23-24H2,1H3,(H,33,37);1H/t28-;/m1./s1. The largest absolute Gasteiger partial charge is 0.457 e. The summed E-state index contributed by atoms with van der Waals surface area (Å²) in [5, 5.41) is 14.2. The summed E-state index contributed by atoms with van der Waals surface area (Å²) < 4.78 is 6.01. The molecule has 2 aromatic rings. The van der Waals surface area contributed by atoms with E-state index in [1.807, 2.05) is 47.4 Å². The Hall–Kier alpha value is -2.61. The number of piperidine rings is 1. The average Bonchev–Trinajstić information content (AvgIpc) is 2.94. The second-order valence-corrected chi connectivity index (χ2v) is 11.7. The van der Waals surface area contributed by atoms with Crippen molar-refractivity contribution in [3.63, 3.8) is 0 Å². The highest BCUT2D eigenvalue weighted by molar-refractivity contribution is 6.00. The summed E-state index contributed by atoms with van der Waals surface area (Å²) in [5.41, 5.74) is -0.492. The molecule has 2 heterocycles. The van der Waals surface area contributed by atoms with Crippen molar-refractivity contribution in [3.05, 3.63) is 60.2 Å². The second-order valence-electron chi connectivity index (χ2n) is 11.7. The Bertz CT molecular complexity index is 1130. The molecular formula is C32H44ClN3O4. The van der Waals surface area contributed by atoms with Gasteiger partial charge in [0.2, 0.25) is 11.8 Å². The van der Waals surface area contributed by atoms with Gasteiger partial charge in [-0.25, -0.2) is 0 Å². The van der Waals surface area contributed by atoms with E-state index < -0.39 is 17.2 Å². The molecular weight excluding hydrogens is 526 g/mol. The van der Waals surface area contributed by atoms with Crippen LogP contribution < -0.4 is 10.1 Å². The third kappa shape index (κ3) is 6.81. The van der Waals surface area contributed by atoms with E-state index in [1.54, 1.807) is 0 Å². The molecule has 5 rings (SSSR count). The van der Waals surface area contributed by atoms with E-state index in [2.05, 4.69) is 29.3 Å². The van der Waals surface area contributed by atoms with Crippen LogP contribution in [-0.2, 0) is 16.1 Å². The van der Waals surface area contributed by atoms with Crippen molar-refractivity contribution < 1.29 is 19.4 Å². The number of nitrogens with zero attached hydrogens (tertiary/aromatic N) is 2. The molecule has 0 bridgehead atoms. The third-order valence-electron chi connectivity index (χ3n) is 8.88. The molecule has 40 heavy (non-hydrogen) atoms. The van der Waals surface area contributed by atoms with Crippen molar-refractivity contribution in [1.82, 2.24) is 15.1 Å². The molecule has 1 aliphatic carbocycles. The van der Waals surface area contributed by atoms with Gasteiger partial charge in [0.1, 0.15) is 23.1 Å². The first-order valence-electron chi connectivity index (χ1n) is 14.8. The van der Waals surface area contributed by atoms with E-state index in [-0.39, 0.29) is 24.2 Å². The number of unbranched alkanes of at least 4 members (excludes halogenated alkanes) is 1. The monoisotopic (exact) mass is 569 g/mol. The number of piperazine rings is 1. The van der Waals surface area contributed by atoms with Crippen molar-refractivity contribution in [2.75, 3.05) is 19.6 Å². The van der Waals surface area contributed by atoms with Gasteiger partial charge in [0, 0.05) is 32.6 Å². The molecule has 1 saturated carbocycles. The number of hydrogen-bond donors (Lipinski definition) is 2. The minimum absolute atomic E-state index is 0.